The number of urea groups is 1. The highest BCUT2D eigenvalue weighted by atomic mass is 19.1. The van der Waals surface area contributed by atoms with Crippen LogP contribution in [0.1, 0.15) is 24.5 Å². The summed E-state index contributed by atoms with van der Waals surface area (Å²) in [6, 6.07) is 15.1. The zero-order valence-electron chi connectivity index (χ0n) is 14.9. The van der Waals surface area contributed by atoms with Crippen LogP contribution in [-0.4, -0.2) is 35.5 Å². The van der Waals surface area contributed by atoms with Crippen molar-refractivity contribution in [3.05, 3.63) is 71.5 Å². The second-order valence-electron chi connectivity index (χ2n) is 6.57. The maximum Gasteiger partial charge on any atom is 0.326 e. The van der Waals surface area contributed by atoms with Crippen molar-refractivity contribution in [2.24, 2.45) is 0 Å². The first-order chi connectivity index (χ1) is 12.5. The lowest BCUT2D eigenvalue weighted by Gasteiger charge is -2.27. The molecule has 3 rings (SSSR count). The van der Waals surface area contributed by atoms with Crippen molar-refractivity contribution in [2.45, 2.75) is 25.4 Å². The smallest absolute Gasteiger partial charge is 0.319 e. The second-order valence-corrected chi connectivity index (χ2v) is 6.57. The van der Waals surface area contributed by atoms with Gasteiger partial charge in [0.15, 0.2) is 0 Å². The molecule has 0 spiro atoms. The van der Waals surface area contributed by atoms with Gasteiger partial charge in [-0.3, -0.25) is 9.69 Å². The quantitative estimate of drug-likeness (QED) is 0.810. The molecule has 0 unspecified atom stereocenters. The lowest BCUT2D eigenvalue weighted by molar-refractivity contribution is -0.133. The van der Waals surface area contributed by atoms with Crippen LogP contribution in [0.15, 0.2) is 54.6 Å². The summed E-state index contributed by atoms with van der Waals surface area (Å²) in [4.78, 5) is 28.6. The highest BCUT2D eigenvalue weighted by Gasteiger charge is 2.51. The molecule has 6 heteroatoms. The minimum Gasteiger partial charge on any atom is -0.319 e. The van der Waals surface area contributed by atoms with Crippen molar-refractivity contribution in [1.82, 2.24) is 15.1 Å². The summed E-state index contributed by atoms with van der Waals surface area (Å²) in [7, 11) is 1.82. The second kappa shape index (κ2) is 7.25. The van der Waals surface area contributed by atoms with Gasteiger partial charge in [0.05, 0.1) is 6.67 Å². The SMILES string of the molecule is CC[C@]1(c2ccccc2)NC(=O)N(CN(C)Cc2ccc(F)cc2)C1=O. The summed E-state index contributed by atoms with van der Waals surface area (Å²) < 4.78 is 13.0. The molecule has 2 aromatic carbocycles. The molecule has 1 aliphatic rings. The first kappa shape index (κ1) is 18.1. The summed E-state index contributed by atoms with van der Waals surface area (Å²) in [5, 5.41) is 2.87. The Labute approximate surface area is 152 Å². The van der Waals surface area contributed by atoms with Crippen molar-refractivity contribution in [3.8, 4) is 0 Å². The summed E-state index contributed by atoms with van der Waals surface area (Å²) in [5.41, 5.74) is 0.671. The van der Waals surface area contributed by atoms with Crippen molar-refractivity contribution >= 4 is 11.9 Å². The van der Waals surface area contributed by atoms with Crippen LogP contribution in [0, 0.1) is 5.82 Å². The van der Waals surface area contributed by atoms with Crippen LogP contribution < -0.4 is 5.32 Å². The van der Waals surface area contributed by atoms with E-state index in [-0.39, 0.29) is 18.4 Å². The van der Waals surface area contributed by atoms with Gasteiger partial charge in [0, 0.05) is 6.54 Å². The van der Waals surface area contributed by atoms with E-state index in [4.69, 9.17) is 0 Å². The van der Waals surface area contributed by atoms with Gasteiger partial charge in [-0.15, -0.1) is 0 Å². The zero-order valence-corrected chi connectivity index (χ0v) is 14.9. The lowest BCUT2D eigenvalue weighted by Crippen LogP contribution is -2.44. The summed E-state index contributed by atoms with van der Waals surface area (Å²) in [6.07, 6.45) is 0.472. The number of hydrogen-bond acceptors (Lipinski definition) is 3. The van der Waals surface area contributed by atoms with Crippen molar-refractivity contribution in [3.63, 3.8) is 0 Å². The fraction of sp³-hybridized carbons (Fsp3) is 0.300. The molecule has 1 saturated heterocycles. The van der Waals surface area contributed by atoms with Gasteiger partial charge >= 0.3 is 6.03 Å². The highest BCUT2D eigenvalue weighted by molar-refractivity contribution is 6.07. The average Bonchev–Trinajstić information content (AvgIpc) is 2.89. The van der Waals surface area contributed by atoms with Gasteiger partial charge in [-0.25, -0.2) is 14.1 Å². The summed E-state index contributed by atoms with van der Waals surface area (Å²) in [5.74, 6) is -0.539. The number of hydrogen-bond donors (Lipinski definition) is 1. The number of halogens is 1. The van der Waals surface area contributed by atoms with Crippen LogP contribution in [0.4, 0.5) is 9.18 Å². The maximum absolute atomic E-state index is 13.1. The largest absolute Gasteiger partial charge is 0.326 e. The van der Waals surface area contributed by atoms with Gasteiger partial charge in [-0.1, -0.05) is 49.4 Å². The Hall–Kier alpha value is -2.73. The molecule has 3 amide bonds. The van der Waals surface area contributed by atoms with Crippen molar-refractivity contribution in [2.75, 3.05) is 13.7 Å². The predicted octanol–water partition coefficient (Wildman–Crippen LogP) is 3.07. The molecule has 1 heterocycles. The van der Waals surface area contributed by atoms with E-state index in [1.807, 2.05) is 49.2 Å². The molecular formula is C20H22FN3O2. The number of amides is 3. The van der Waals surface area contributed by atoms with Crippen LogP contribution in [-0.2, 0) is 16.9 Å². The third kappa shape index (κ3) is 3.32. The van der Waals surface area contributed by atoms with E-state index >= 15 is 0 Å². The van der Waals surface area contributed by atoms with E-state index in [2.05, 4.69) is 5.32 Å². The van der Waals surface area contributed by atoms with Crippen LogP contribution in [0.25, 0.3) is 0 Å². The van der Waals surface area contributed by atoms with E-state index in [0.29, 0.717) is 13.0 Å². The van der Waals surface area contributed by atoms with Crippen LogP contribution in [0.3, 0.4) is 0 Å². The molecule has 0 aromatic heterocycles. The van der Waals surface area contributed by atoms with Gasteiger partial charge in [0.25, 0.3) is 5.91 Å². The lowest BCUT2D eigenvalue weighted by atomic mass is 9.87. The molecule has 1 N–H and O–H groups in total. The molecule has 26 heavy (non-hydrogen) atoms. The third-order valence-corrected chi connectivity index (χ3v) is 4.72. The highest BCUT2D eigenvalue weighted by Crippen LogP contribution is 2.32. The van der Waals surface area contributed by atoms with Crippen LogP contribution in [0.5, 0.6) is 0 Å². The molecule has 136 valence electrons. The van der Waals surface area contributed by atoms with Crippen LogP contribution >= 0.6 is 0 Å². The van der Waals surface area contributed by atoms with E-state index in [1.165, 1.54) is 17.0 Å². The molecule has 1 aliphatic heterocycles. The van der Waals surface area contributed by atoms with Gasteiger partial charge in [0.1, 0.15) is 11.4 Å². The topological polar surface area (TPSA) is 52.7 Å². The molecule has 1 atom stereocenters. The number of imide groups is 1. The Morgan fingerprint density at radius 2 is 1.73 bits per heavy atom. The van der Waals surface area contributed by atoms with Crippen molar-refractivity contribution in [1.29, 1.82) is 0 Å². The van der Waals surface area contributed by atoms with E-state index in [1.54, 1.807) is 12.1 Å². The maximum atomic E-state index is 13.1. The molecule has 2 aromatic rings. The Bertz CT molecular complexity index is 794. The Kier molecular flexibility index (Phi) is 5.04. The molecule has 0 radical (unpaired) electrons. The first-order valence-electron chi connectivity index (χ1n) is 8.59. The van der Waals surface area contributed by atoms with Gasteiger partial charge in [-0.05, 0) is 36.7 Å². The fourth-order valence-electron chi connectivity index (χ4n) is 3.31. The number of rotatable bonds is 6. The Morgan fingerprint density at radius 1 is 1.08 bits per heavy atom. The summed E-state index contributed by atoms with van der Waals surface area (Å²) >= 11 is 0. The molecule has 0 saturated carbocycles. The van der Waals surface area contributed by atoms with E-state index < -0.39 is 11.6 Å². The van der Waals surface area contributed by atoms with E-state index in [0.717, 1.165) is 11.1 Å². The van der Waals surface area contributed by atoms with Gasteiger partial charge < -0.3 is 5.32 Å². The molecule has 1 fully saturated rings. The number of carbonyl (C=O) groups excluding carboxylic acids is 2. The van der Waals surface area contributed by atoms with E-state index in [9.17, 15) is 14.0 Å². The number of benzene rings is 2. The Morgan fingerprint density at radius 3 is 2.35 bits per heavy atom. The minimum atomic E-state index is -1.02. The molecule has 5 nitrogen and oxygen atoms in total. The minimum absolute atomic E-state index is 0.163. The normalized spacial score (nSPS) is 19.9. The zero-order chi connectivity index (χ0) is 18.7. The Balaban J connectivity index is 1.75. The fourth-order valence-corrected chi connectivity index (χ4v) is 3.31. The number of nitrogens with zero attached hydrogens (tertiary/aromatic N) is 2. The predicted molar refractivity (Wildman–Crippen MR) is 96.5 cm³/mol. The summed E-state index contributed by atoms with van der Waals surface area (Å²) in [6.45, 7) is 2.55. The van der Waals surface area contributed by atoms with Crippen LogP contribution in [0.2, 0.25) is 0 Å². The first-order valence-corrected chi connectivity index (χ1v) is 8.59. The molecule has 0 bridgehead atoms. The molecular weight excluding hydrogens is 333 g/mol. The third-order valence-electron chi connectivity index (χ3n) is 4.72. The van der Waals surface area contributed by atoms with Gasteiger partial charge in [-0.2, -0.15) is 0 Å². The molecule has 0 aliphatic carbocycles. The number of nitrogens with one attached hydrogen (secondary N) is 1. The number of carbonyl (C=O) groups is 2. The van der Waals surface area contributed by atoms with Gasteiger partial charge in [0.2, 0.25) is 0 Å². The van der Waals surface area contributed by atoms with Crippen molar-refractivity contribution < 1.29 is 14.0 Å². The average molecular weight is 355 g/mol. The monoisotopic (exact) mass is 355 g/mol. The standard InChI is InChI=1S/C20H22FN3O2/c1-3-20(16-7-5-4-6-8-16)18(25)24(19(26)22-20)14-23(2)13-15-9-11-17(21)12-10-15/h4-12H,3,13-14H2,1-2H3,(H,22,26)/t20-/m1/s1.